The maximum Gasteiger partial charge on any atom is 0.356 e. The fourth-order valence-corrected chi connectivity index (χ4v) is 2.81. The second kappa shape index (κ2) is 6.94. The molecule has 0 spiro atoms. The number of aromatic hydroxyl groups is 1. The first kappa shape index (κ1) is 18.2. The Hall–Kier alpha value is -3.62. The van der Waals surface area contributed by atoms with Gasteiger partial charge in [0.2, 0.25) is 0 Å². The lowest BCUT2D eigenvalue weighted by molar-refractivity contribution is 0.0518. The molecule has 0 aliphatic carbocycles. The van der Waals surface area contributed by atoms with E-state index < -0.39 is 17.9 Å². The molecule has 1 aromatic carbocycles. The lowest BCUT2D eigenvalue weighted by Crippen LogP contribution is -2.09. The Morgan fingerprint density at radius 1 is 1.07 bits per heavy atom. The van der Waals surface area contributed by atoms with Crippen molar-refractivity contribution in [2.45, 2.75) is 6.92 Å². The number of nitrogens with zero attached hydrogens (tertiary/aromatic N) is 1. The SMILES string of the molecule is CCOC(=O)c1cc2c(n1)c(O)cc1[nH]c(C(=O)OC)cc(C(=O)OC)c12. The molecule has 0 aliphatic heterocycles. The van der Waals surface area contributed by atoms with Crippen LogP contribution in [0, 0.1) is 0 Å². The molecule has 140 valence electrons. The average Bonchev–Trinajstić information content (AvgIpc) is 3.12. The molecular weight excluding hydrogens is 356 g/mol. The van der Waals surface area contributed by atoms with Gasteiger partial charge < -0.3 is 24.3 Å². The smallest absolute Gasteiger partial charge is 0.356 e. The molecule has 9 heteroatoms. The number of rotatable bonds is 4. The molecule has 0 saturated heterocycles. The maximum absolute atomic E-state index is 12.3. The number of hydrogen-bond donors (Lipinski definition) is 2. The summed E-state index contributed by atoms with van der Waals surface area (Å²) in [6.07, 6.45) is 0. The Morgan fingerprint density at radius 3 is 2.41 bits per heavy atom. The van der Waals surface area contributed by atoms with Crippen LogP contribution in [0.4, 0.5) is 0 Å². The van der Waals surface area contributed by atoms with Gasteiger partial charge in [-0.05, 0) is 19.1 Å². The van der Waals surface area contributed by atoms with Crippen molar-refractivity contribution < 1.29 is 33.7 Å². The first-order valence-electron chi connectivity index (χ1n) is 7.94. The minimum Gasteiger partial charge on any atom is -0.506 e. The van der Waals surface area contributed by atoms with Crippen LogP contribution in [0.25, 0.3) is 21.8 Å². The van der Waals surface area contributed by atoms with Crippen LogP contribution in [0.15, 0.2) is 18.2 Å². The normalized spacial score (nSPS) is 10.8. The summed E-state index contributed by atoms with van der Waals surface area (Å²) in [5.74, 6) is -2.29. The first-order valence-corrected chi connectivity index (χ1v) is 7.94. The highest BCUT2D eigenvalue weighted by Crippen LogP contribution is 2.35. The minimum absolute atomic E-state index is 0.00529. The molecule has 0 fully saturated rings. The number of benzene rings is 1. The number of ether oxygens (including phenoxy) is 3. The van der Waals surface area contributed by atoms with Crippen molar-refractivity contribution in [2.75, 3.05) is 20.8 Å². The highest BCUT2D eigenvalue weighted by atomic mass is 16.5. The van der Waals surface area contributed by atoms with Gasteiger partial charge in [-0.15, -0.1) is 0 Å². The summed E-state index contributed by atoms with van der Waals surface area (Å²) in [5.41, 5.74) is 0.428. The highest BCUT2D eigenvalue weighted by Gasteiger charge is 2.23. The van der Waals surface area contributed by atoms with Crippen LogP contribution in [0.5, 0.6) is 5.75 Å². The fraction of sp³-hybridized carbons (Fsp3) is 0.222. The minimum atomic E-state index is -0.704. The summed E-state index contributed by atoms with van der Waals surface area (Å²) in [7, 11) is 2.40. The molecule has 0 bridgehead atoms. The summed E-state index contributed by atoms with van der Waals surface area (Å²) >= 11 is 0. The molecule has 3 aromatic rings. The number of carbonyl (C=O) groups excluding carboxylic acids is 3. The Labute approximate surface area is 152 Å². The number of fused-ring (bicyclic) bond motifs is 3. The average molecular weight is 372 g/mol. The lowest BCUT2D eigenvalue weighted by atomic mass is 10.0. The quantitative estimate of drug-likeness (QED) is 0.527. The number of nitrogens with one attached hydrogen (secondary N) is 1. The molecule has 3 rings (SSSR count). The lowest BCUT2D eigenvalue weighted by Gasteiger charge is -2.10. The van der Waals surface area contributed by atoms with Crippen molar-refractivity contribution in [1.82, 2.24) is 9.97 Å². The summed E-state index contributed by atoms with van der Waals surface area (Å²) < 4.78 is 14.4. The van der Waals surface area contributed by atoms with Gasteiger partial charge in [0.25, 0.3) is 0 Å². The molecule has 0 radical (unpaired) electrons. The van der Waals surface area contributed by atoms with Crippen molar-refractivity contribution >= 4 is 39.7 Å². The zero-order chi connectivity index (χ0) is 19.7. The molecule has 27 heavy (non-hydrogen) atoms. The molecule has 9 nitrogen and oxygen atoms in total. The number of esters is 3. The molecule has 0 atom stereocenters. The van der Waals surface area contributed by atoms with E-state index in [0.717, 1.165) is 0 Å². The number of phenolic OH excluding ortho intramolecular Hbond substituents is 1. The van der Waals surface area contributed by atoms with Crippen LogP contribution in [-0.2, 0) is 14.2 Å². The van der Waals surface area contributed by atoms with E-state index in [1.54, 1.807) is 6.92 Å². The number of phenols is 1. The Morgan fingerprint density at radius 2 is 1.78 bits per heavy atom. The van der Waals surface area contributed by atoms with Crippen LogP contribution >= 0.6 is 0 Å². The fourth-order valence-electron chi connectivity index (χ4n) is 2.81. The van der Waals surface area contributed by atoms with E-state index in [4.69, 9.17) is 9.47 Å². The van der Waals surface area contributed by atoms with Gasteiger partial charge in [-0.3, -0.25) is 0 Å². The van der Waals surface area contributed by atoms with Crippen molar-refractivity contribution in [3.63, 3.8) is 0 Å². The molecule has 2 N–H and O–H groups in total. The number of aromatic nitrogens is 2. The van der Waals surface area contributed by atoms with E-state index in [9.17, 15) is 19.5 Å². The predicted molar refractivity (Wildman–Crippen MR) is 93.9 cm³/mol. The van der Waals surface area contributed by atoms with Gasteiger partial charge in [0.15, 0.2) is 0 Å². The molecule has 2 heterocycles. The Balaban J connectivity index is 2.39. The van der Waals surface area contributed by atoms with Gasteiger partial charge in [0.05, 0.1) is 31.9 Å². The highest BCUT2D eigenvalue weighted by molar-refractivity contribution is 6.18. The monoisotopic (exact) mass is 372 g/mol. The van der Waals surface area contributed by atoms with Crippen molar-refractivity contribution in [3.8, 4) is 5.75 Å². The summed E-state index contributed by atoms with van der Waals surface area (Å²) in [4.78, 5) is 43.1. The molecule has 0 aliphatic rings. The second-order valence-corrected chi connectivity index (χ2v) is 5.52. The van der Waals surface area contributed by atoms with Crippen LogP contribution < -0.4 is 0 Å². The number of pyridine rings is 1. The number of methoxy groups -OCH3 is 2. The third-order valence-electron chi connectivity index (χ3n) is 3.95. The van der Waals surface area contributed by atoms with Gasteiger partial charge in [-0.25, -0.2) is 19.4 Å². The first-order chi connectivity index (χ1) is 12.9. The third-order valence-corrected chi connectivity index (χ3v) is 3.95. The zero-order valence-corrected chi connectivity index (χ0v) is 14.8. The van der Waals surface area contributed by atoms with Crippen LogP contribution in [0.2, 0.25) is 0 Å². The van der Waals surface area contributed by atoms with Gasteiger partial charge in [-0.1, -0.05) is 0 Å². The van der Waals surface area contributed by atoms with Gasteiger partial charge in [0, 0.05) is 16.8 Å². The third kappa shape index (κ3) is 3.03. The molecule has 0 saturated carbocycles. The van der Waals surface area contributed by atoms with Gasteiger partial charge in [0.1, 0.15) is 22.7 Å². The van der Waals surface area contributed by atoms with Gasteiger partial charge in [-0.2, -0.15) is 0 Å². The predicted octanol–water partition coefficient (Wildman–Crippen LogP) is 2.17. The van der Waals surface area contributed by atoms with E-state index >= 15 is 0 Å². The van der Waals surface area contributed by atoms with E-state index in [-0.39, 0.29) is 40.3 Å². The largest absolute Gasteiger partial charge is 0.506 e. The van der Waals surface area contributed by atoms with E-state index in [1.807, 2.05) is 0 Å². The second-order valence-electron chi connectivity index (χ2n) is 5.52. The van der Waals surface area contributed by atoms with Crippen molar-refractivity contribution in [3.05, 3.63) is 35.2 Å². The molecule has 2 aromatic heterocycles. The number of aromatic amines is 1. The zero-order valence-electron chi connectivity index (χ0n) is 14.8. The maximum atomic E-state index is 12.3. The number of carbonyl (C=O) groups is 3. The summed E-state index contributed by atoms with van der Waals surface area (Å²) in [6.45, 7) is 1.82. The van der Waals surface area contributed by atoms with E-state index in [2.05, 4.69) is 14.7 Å². The molecule has 0 amide bonds. The molecule has 0 unspecified atom stereocenters. The van der Waals surface area contributed by atoms with Crippen molar-refractivity contribution in [2.24, 2.45) is 0 Å². The standard InChI is InChI=1S/C18H16N2O7/c1-4-27-18(24)12-5-8-14-9(16(22)25-2)6-11(17(23)26-3)19-10(14)7-13(21)15(8)20-12/h5-7,19,21H,4H2,1-3H3. The number of H-pyrrole nitrogens is 1. The Kier molecular flexibility index (Phi) is 4.68. The van der Waals surface area contributed by atoms with E-state index in [0.29, 0.717) is 10.8 Å². The summed E-state index contributed by atoms with van der Waals surface area (Å²) in [6, 6.07) is 4.00. The van der Waals surface area contributed by atoms with Crippen molar-refractivity contribution in [1.29, 1.82) is 0 Å². The molecular formula is C18H16N2O7. The van der Waals surface area contributed by atoms with E-state index in [1.165, 1.54) is 32.4 Å². The van der Waals surface area contributed by atoms with Gasteiger partial charge >= 0.3 is 17.9 Å². The van der Waals surface area contributed by atoms with Crippen LogP contribution in [0.3, 0.4) is 0 Å². The van der Waals surface area contributed by atoms with Crippen LogP contribution in [-0.4, -0.2) is 53.8 Å². The van der Waals surface area contributed by atoms with Crippen LogP contribution in [0.1, 0.15) is 38.3 Å². The summed E-state index contributed by atoms with van der Waals surface area (Å²) in [5, 5.41) is 11.0. The number of hydrogen-bond acceptors (Lipinski definition) is 8. The topological polar surface area (TPSA) is 128 Å². The Bertz CT molecular complexity index is 1080.